The Balaban J connectivity index is 2.01. The van der Waals surface area contributed by atoms with Crippen molar-refractivity contribution in [1.82, 2.24) is 15.3 Å². The lowest BCUT2D eigenvalue weighted by Crippen LogP contribution is -2.18. The van der Waals surface area contributed by atoms with E-state index in [-0.39, 0.29) is 12.1 Å². The molecule has 0 aliphatic rings. The van der Waals surface area contributed by atoms with E-state index in [4.69, 9.17) is 5.21 Å². The summed E-state index contributed by atoms with van der Waals surface area (Å²) in [7, 11) is 0. The van der Waals surface area contributed by atoms with Crippen molar-refractivity contribution in [1.29, 1.82) is 0 Å². The SMILES string of the molecule is O=C(NO)c1ccc2cnn(Cc3cc(F)cc(F)c3)c2c1. The van der Waals surface area contributed by atoms with Crippen LogP contribution in [0.4, 0.5) is 8.78 Å². The fourth-order valence-corrected chi connectivity index (χ4v) is 2.28. The van der Waals surface area contributed by atoms with Gasteiger partial charge in [-0.3, -0.25) is 14.7 Å². The molecule has 7 heteroatoms. The van der Waals surface area contributed by atoms with Crippen LogP contribution < -0.4 is 5.48 Å². The highest BCUT2D eigenvalue weighted by atomic mass is 19.1. The van der Waals surface area contributed by atoms with Crippen molar-refractivity contribution in [2.24, 2.45) is 0 Å². The van der Waals surface area contributed by atoms with Crippen LogP contribution in [0.3, 0.4) is 0 Å². The third kappa shape index (κ3) is 2.66. The number of benzene rings is 2. The van der Waals surface area contributed by atoms with Gasteiger partial charge in [0.15, 0.2) is 0 Å². The van der Waals surface area contributed by atoms with Gasteiger partial charge in [0.05, 0.1) is 18.3 Å². The second-order valence-corrected chi connectivity index (χ2v) is 4.79. The van der Waals surface area contributed by atoms with Crippen molar-refractivity contribution in [2.45, 2.75) is 6.54 Å². The molecule has 0 saturated heterocycles. The van der Waals surface area contributed by atoms with Crippen molar-refractivity contribution >= 4 is 16.8 Å². The number of rotatable bonds is 3. The molecule has 0 fully saturated rings. The summed E-state index contributed by atoms with van der Waals surface area (Å²) in [6, 6.07) is 8.01. The molecule has 3 rings (SSSR count). The van der Waals surface area contributed by atoms with E-state index < -0.39 is 17.5 Å². The molecule has 1 amide bonds. The first-order valence-electron chi connectivity index (χ1n) is 6.42. The van der Waals surface area contributed by atoms with Crippen LogP contribution in [-0.4, -0.2) is 20.9 Å². The molecule has 22 heavy (non-hydrogen) atoms. The predicted octanol–water partition coefficient (Wildman–Crippen LogP) is 2.48. The fraction of sp³-hybridized carbons (Fsp3) is 0.0667. The number of halogens is 2. The average Bonchev–Trinajstić information content (AvgIpc) is 2.87. The first kappa shape index (κ1) is 14.2. The maximum absolute atomic E-state index is 13.2. The first-order chi connectivity index (χ1) is 10.6. The molecule has 112 valence electrons. The number of fused-ring (bicyclic) bond motifs is 1. The second kappa shape index (κ2) is 5.53. The summed E-state index contributed by atoms with van der Waals surface area (Å²) in [5, 5.41) is 13.6. The normalized spacial score (nSPS) is 10.9. The molecule has 0 unspecified atom stereocenters. The van der Waals surface area contributed by atoms with Gasteiger partial charge in [-0.05, 0) is 29.8 Å². The zero-order chi connectivity index (χ0) is 15.7. The molecule has 0 radical (unpaired) electrons. The van der Waals surface area contributed by atoms with Gasteiger partial charge < -0.3 is 0 Å². The zero-order valence-electron chi connectivity index (χ0n) is 11.3. The lowest BCUT2D eigenvalue weighted by Gasteiger charge is -2.06. The monoisotopic (exact) mass is 303 g/mol. The van der Waals surface area contributed by atoms with Crippen molar-refractivity contribution in [2.75, 3.05) is 0 Å². The van der Waals surface area contributed by atoms with Crippen LogP contribution in [0.15, 0.2) is 42.6 Å². The number of amides is 1. The van der Waals surface area contributed by atoms with Crippen molar-refractivity contribution in [3.8, 4) is 0 Å². The number of hydroxylamine groups is 1. The highest BCUT2D eigenvalue weighted by molar-refractivity contribution is 5.97. The van der Waals surface area contributed by atoms with Gasteiger partial charge in [0.1, 0.15) is 11.6 Å². The van der Waals surface area contributed by atoms with E-state index in [1.807, 2.05) is 0 Å². The second-order valence-electron chi connectivity index (χ2n) is 4.79. The van der Waals surface area contributed by atoms with E-state index >= 15 is 0 Å². The summed E-state index contributed by atoms with van der Waals surface area (Å²) in [6.45, 7) is 0.155. The minimum Gasteiger partial charge on any atom is -0.288 e. The van der Waals surface area contributed by atoms with Crippen LogP contribution >= 0.6 is 0 Å². The largest absolute Gasteiger partial charge is 0.288 e. The fourth-order valence-electron chi connectivity index (χ4n) is 2.28. The molecule has 0 bridgehead atoms. The van der Waals surface area contributed by atoms with Gasteiger partial charge in [-0.1, -0.05) is 6.07 Å². The van der Waals surface area contributed by atoms with Crippen LogP contribution in [0.2, 0.25) is 0 Å². The molecule has 2 N–H and O–H groups in total. The lowest BCUT2D eigenvalue weighted by atomic mass is 10.1. The molecule has 1 aromatic heterocycles. The van der Waals surface area contributed by atoms with E-state index in [1.54, 1.807) is 29.9 Å². The molecule has 0 aliphatic heterocycles. The van der Waals surface area contributed by atoms with Gasteiger partial charge >= 0.3 is 0 Å². The predicted molar refractivity (Wildman–Crippen MR) is 74.4 cm³/mol. The van der Waals surface area contributed by atoms with Crippen molar-refractivity contribution in [3.05, 3.63) is 65.4 Å². The standard InChI is InChI=1S/C15H11F2N3O2/c16-12-3-9(4-13(17)6-12)8-20-14-5-10(15(21)19-22)1-2-11(14)7-18-20/h1-7,22H,8H2,(H,19,21). The van der Waals surface area contributed by atoms with Crippen LogP contribution in [0.25, 0.3) is 10.9 Å². The Morgan fingerprint density at radius 2 is 1.91 bits per heavy atom. The molecular weight excluding hydrogens is 292 g/mol. The smallest absolute Gasteiger partial charge is 0.274 e. The molecule has 3 aromatic rings. The topological polar surface area (TPSA) is 67.2 Å². The van der Waals surface area contributed by atoms with E-state index in [0.29, 0.717) is 11.1 Å². The third-order valence-corrected chi connectivity index (χ3v) is 3.26. The summed E-state index contributed by atoms with van der Waals surface area (Å²) in [5.74, 6) is -1.97. The summed E-state index contributed by atoms with van der Waals surface area (Å²) < 4.78 is 28.0. The average molecular weight is 303 g/mol. The zero-order valence-corrected chi connectivity index (χ0v) is 11.3. The van der Waals surface area contributed by atoms with Crippen LogP contribution in [-0.2, 0) is 6.54 Å². The van der Waals surface area contributed by atoms with Gasteiger partial charge in [-0.25, -0.2) is 14.3 Å². The number of nitrogens with one attached hydrogen (secondary N) is 1. The van der Waals surface area contributed by atoms with Gasteiger partial charge in [-0.15, -0.1) is 0 Å². The number of hydrogen-bond acceptors (Lipinski definition) is 3. The molecule has 2 aromatic carbocycles. The summed E-state index contributed by atoms with van der Waals surface area (Å²) in [5.41, 5.74) is 2.84. The van der Waals surface area contributed by atoms with Gasteiger partial charge in [0, 0.05) is 17.0 Å². The molecule has 1 heterocycles. The Labute approximate surface area is 123 Å². The van der Waals surface area contributed by atoms with Crippen LogP contribution in [0, 0.1) is 11.6 Å². The maximum Gasteiger partial charge on any atom is 0.274 e. The number of carbonyl (C=O) groups is 1. The van der Waals surface area contributed by atoms with E-state index in [0.717, 1.165) is 11.5 Å². The van der Waals surface area contributed by atoms with E-state index in [1.165, 1.54) is 16.8 Å². The molecule has 0 atom stereocenters. The van der Waals surface area contributed by atoms with Gasteiger partial charge in [0.25, 0.3) is 5.91 Å². The highest BCUT2D eigenvalue weighted by Gasteiger charge is 2.10. The summed E-state index contributed by atoms with van der Waals surface area (Å²) in [6.07, 6.45) is 1.59. The Morgan fingerprint density at radius 1 is 1.18 bits per heavy atom. The Hall–Kier alpha value is -2.80. The number of carbonyl (C=O) groups excluding carboxylic acids is 1. The molecule has 0 spiro atoms. The molecule has 5 nitrogen and oxygen atoms in total. The summed E-state index contributed by atoms with van der Waals surface area (Å²) in [4.78, 5) is 11.4. The minimum absolute atomic E-state index is 0.155. The lowest BCUT2D eigenvalue weighted by molar-refractivity contribution is 0.0706. The van der Waals surface area contributed by atoms with Gasteiger partial charge in [0.2, 0.25) is 0 Å². The Morgan fingerprint density at radius 3 is 2.59 bits per heavy atom. The minimum atomic E-state index is -0.660. The maximum atomic E-state index is 13.2. The van der Waals surface area contributed by atoms with Crippen molar-refractivity contribution in [3.63, 3.8) is 0 Å². The number of aromatic nitrogens is 2. The quantitative estimate of drug-likeness (QED) is 0.577. The van der Waals surface area contributed by atoms with E-state index in [9.17, 15) is 13.6 Å². The molecular formula is C15H11F2N3O2. The Bertz CT molecular complexity index is 841. The van der Waals surface area contributed by atoms with E-state index in [2.05, 4.69) is 5.10 Å². The molecule has 0 aliphatic carbocycles. The first-order valence-corrected chi connectivity index (χ1v) is 6.42. The third-order valence-electron chi connectivity index (χ3n) is 3.26. The van der Waals surface area contributed by atoms with Crippen LogP contribution in [0.1, 0.15) is 15.9 Å². The molecule has 0 saturated carbocycles. The summed E-state index contributed by atoms with van der Waals surface area (Å²) >= 11 is 0. The van der Waals surface area contributed by atoms with Crippen LogP contribution in [0.5, 0.6) is 0 Å². The Kier molecular flexibility index (Phi) is 3.56. The number of hydrogen-bond donors (Lipinski definition) is 2. The van der Waals surface area contributed by atoms with Crippen molar-refractivity contribution < 1.29 is 18.8 Å². The van der Waals surface area contributed by atoms with Gasteiger partial charge in [-0.2, -0.15) is 5.10 Å². The number of nitrogens with zero attached hydrogens (tertiary/aromatic N) is 2. The highest BCUT2D eigenvalue weighted by Crippen LogP contribution is 2.18.